The molecule has 6 nitrogen and oxygen atoms in total. The summed E-state index contributed by atoms with van der Waals surface area (Å²) >= 11 is 0. The molecule has 0 aliphatic carbocycles. The quantitative estimate of drug-likeness (QED) is 0.239. The van der Waals surface area contributed by atoms with Crippen LogP contribution in [0.1, 0.15) is 36.8 Å². The fraction of sp³-hybridized carbons (Fsp3) is 0.400. The molecule has 5 N–H and O–H groups in total. The number of benzene rings is 1. The Morgan fingerprint density at radius 3 is 2.10 bits per heavy atom. The van der Waals surface area contributed by atoms with Crippen molar-refractivity contribution in [3.8, 4) is 0 Å². The number of carboxylic acids is 2. The van der Waals surface area contributed by atoms with Crippen LogP contribution in [0.3, 0.4) is 0 Å². The Morgan fingerprint density at radius 2 is 1.62 bits per heavy atom. The molecular weight excluding hydrogens is 272 g/mol. The summed E-state index contributed by atoms with van der Waals surface area (Å²) in [5, 5.41) is 24.8. The standard InChI is InChI=1S/C15H20N2O4/c16-13(17)11-8-6-10(7-9-11)4-2-1-3-5-12(14(18)19)15(20)21/h6-9,12H,1-5H2,(H3,16,17)(H,18,19)(H,20,21). The van der Waals surface area contributed by atoms with Gasteiger partial charge in [-0.05, 0) is 24.8 Å². The molecule has 0 atom stereocenters. The maximum atomic E-state index is 10.7. The Bertz CT molecular complexity index is 497. The van der Waals surface area contributed by atoms with Crippen LogP contribution in [0.25, 0.3) is 0 Å². The van der Waals surface area contributed by atoms with Crippen LogP contribution in [-0.4, -0.2) is 28.0 Å². The lowest BCUT2D eigenvalue weighted by atomic mass is 9.99. The highest BCUT2D eigenvalue weighted by Gasteiger charge is 2.24. The van der Waals surface area contributed by atoms with Crippen molar-refractivity contribution >= 4 is 17.8 Å². The SMILES string of the molecule is N=C(N)c1ccc(CCCCCC(C(=O)O)C(=O)O)cc1. The van der Waals surface area contributed by atoms with Gasteiger partial charge in [0, 0.05) is 5.56 Å². The second-order valence-electron chi connectivity index (χ2n) is 4.94. The number of nitrogens with one attached hydrogen (secondary N) is 1. The molecule has 0 unspecified atom stereocenters. The van der Waals surface area contributed by atoms with E-state index in [4.69, 9.17) is 21.4 Å². The highest BCUT2D eigenvalue weighted by molar-refractivity contribution is 5.94. The molecule has 6 heteroatoms. The maximum absolute atomic E-state index is 10.7. The topological polar surface area (TPSA) is 124 Å². The first-order valence-corrected chi connectivity index (χ1v) is 6.80. The highest BCUT2D eigenvalue weighted by Crippen LogP contribution is 2.13. The predicted octanol–water partition coefficient (Wildman–Crippen LogP) is 1.86. The Labute approximate surface area is 123 Å². The molecule has 21 heavy (non-hydrogen) atoms. The number of amidine groups is 1. The van der Waals surface area contributed by atoms with E-state index in [1.54, 1.807) is 12.1 Å². The lowest BCUT2D eigenvalue weighted by Gasteiger charge is -2.07. The van der Waals surface area contributed by atoms with Crippen LogP contribution in [0.4, 0.5) is 0 Å². The molecule has 0 spiro atoms. The first-order valence-electron chi connectivity index (χ1n) is 6.80. The van der Waals surface area contributed by atoms with Crippen LogP contribution in [0, 0.1) is 11.3 Å². The van der Waals surface area contributed by atoms with Gasteiger partial charge in [0.1, 0.15) is 5.84 Å². The lowest BCUT2D eigenvalue weighted by Crippen LogP contribution is -2.23. The van der Waals surface area contributed by atoms with Crippen molar-refractivity contribution in [3.63, 3.8) is 0 Å². The molecule has 0 aliphatic rings. The summed E-state index contributed by atoms with van der Waals surface area (Å²) in [4.78, 5) is 21.4. The number of unbranched alkanes of at least 4 members (excludes halogenated alkanes) is 2. The van der Waals surface area contributed by atoms with Crippen LogP contribution in [-0.2, 0) is 16.0 Å². The summed E-state index contributed by atoms with van der Waals surface area (Å²) in [7, 11) is 0. The minimum absolute atomic E-state index is 0.0370. The maximum Gasteiger partial charge on any atom is 0.317 e. The third kappa shape index (κ3) is 5.64. The molecule has 1 aromatic carbocycles. The van der Waals surface area contributed by atoms with Gasteiger partial charge in [0.25, 0.3) is 0 Å². The fourth-order valence-electron chi connectivity index (χ4n) is 2.06. The number of rotatable bonds is 9. The number of carboxylic acid groups (broad SMARTS) is 2. The second kappa shape index (κ2) is 8.04. The van der Waals surface area contributed by atoms with E-state index in [1.807, 2.05) is 12.1 Å². The van der Waals surface area contributed by atoms with Crippen molar-refractivity contribution in [1.82, 2.24) is 0 Å². The molecule has 0 fully saturated rings. The zero-order chi connectivity index (χ0) is 15.8. The van der Waals surface area contributed by atoms with Gasteiger partial charge in [-0.15, -0.1) is 0 Å². The van der Waals surface area contributed by atoms with Gasteiger partial charge in [0.15, 0.2) is 5.92 Å². The number of aliphatic carboxylic acids is 2. The molecule has 0 radical (unpaired) electrons. The third-order valence-corrected chi connectivity index (χ3v) is 3.32. The van der Waals surface area contributed by atoms with Gasteiger partial charge in [0.2, 0.25) is 0 Å². The van der Waals surface area contributed by atoms with E-state index in [0.29, 0.717) is 12.0 Å². The summed E-state index contributed by atoms with van der Waals surface area (Å²) in [6, 6.07) is 7.41. The van der Waals surface area contributed by atoms with Gasteiger partial charge < -0.3 is 15.9 Å². The van der Waals surface area contributed by atoms with E-state index in [0.717, 1.165) is 24.8 Å². The van der Waals surface area contributed by atoms with Crippen molar-refractivity contribution in [1.29, 1.82) is 5.41 Å². The van der Waals surface area contributed by atoms with Crippen molar-refractivity contribution in [2.45, 2.75) is 32.1 Å². The van der Waals surface area contributed by atoms with Crippen molar-refractivity contribution in [2.24, 2.45) is 11.7 Å². The van der Waals surface area contributed by atoms with Crippen LogP contribution in [0.5, 0.6) is 0 Å². The van der Waals surface area contributed by atoms with Crippen molar-refractivity contribution < 1.29 is 19.8 Å². The molecule has 0 saturated carbocycles. The molecule has 0 saturated heterocycles. The molecular formula is C15H20N2O4. The Hall–Kier alpha value is -2.37. The Kier molecular flexibility index (Phi) is 6.39. The summed E-state index contributed by atoms with van der Waals surface area (Å²) in [5.41, 5.74) is 7.17. The van der Waals surface area contributed by atoms with Gasteiger partial charge in [-0.2, -0.15) is 0 Å². The first kappa shape index (κ1) is 16.7. The molecule has 114 valence electrons. The van der Waals surface area contributed by atoms with Crippen molar-refractivity contribution in [2.75, 3.05) is 0 Å². The monoisotopic (exact) mass is 292 g/mol. The highest BCUT2D eigenvalue weighted by atomic mass is 16.4. The largest absolute Gasteiger partial charge is 0.481 e. The van der Waals surface area contributed by atoms with E-state index in [-0.39, 0.29) is 12.3 Å². The zero-order valence-corrected chi connectivity index (χ0v) is 11.7. The smallest absolute Gasteiger partial charge is 0.317 e. The molecule has 0 aromatic heterocycles. The number of nitrogens with two attached hydrogens (primary N) is 1. The van der Waals surface area contributed by atoms with Crippen molar-refractivity contribution in [3.05, 3.63) is 35.4 Å². The minimum atomic E-state index is -1.31. The van der Waals surface area contributed by atoms with Crippen LogP contribution in [0.15, 0.2) is 24.3 Å². The molecule has 0 heterocycles. The number of hydrogen-bond donors (Lipinski definition) is 4. The van der Waals surface area contributed by atoms with E-state index in [9.17, 15) is 9.59 Å². The first-order chi connectivity index (χ1) is 9.91. The van der Waals surface area contributed by atoms with E-state index >= 15 is 0 Å². The average Bonchev–Trinajstić information content (AvgIpc) is 2.42. The summed E-state index contributed by atoms with van der Waals surface area (Å²) < 4.78 is 0. The van der Waals surface area contributed by atoms with E-state index in [1.165, 1.54) is 0 Å². The molecule has 0 amide bonds. The molecule has 0 bridgehead atoms. The van der Waals surface area contributed by atoms with Gasteiger partial charge in [-0.1, -0.05) is 37.1 Å². The molecule has 0 aliphatic heterocycles. The zero-order valence-electron chi connectivity index (χ0n) is 11.7. The number of hydrogen-bond acceptors (Lipinski definition) is 3. The average molecular weight is 292 g/mol. The third-order valence-electron chi connectivity index (χ3n) is 3.32. The van der Waals surface area contributed by atoms with Gasteiger partial charge in [0.05, 0.1) is 0 Å². The number of nitrogen functional groups attached to an aromatic ring is 1. The Morgan fingerprint density at radius 1 is 1.05 bits per heavy atom. The summed E-state index contributed by atoms with van der Waals surface area (Å²) in [5.74, 6) is -3.82. The number of aryl methyl sites for hydroxylation is 1. The van der Waals surface area contributed by atoms with E-state index in [2.05, 4.69) is 0 Å². The molecule has 1 rings (SSSR count). The van der Waals surface area contributed by atoms with E-state index < -0.39 is 17.9 Å². The number of carbonyl (C=O) groups is 2. The van der Waals surface area contributed by atoms with Gasteiger partial charge >= 0.3 is 11.9 Å². The minimum Gasteiger partial charge on any atom is -0.481 e. The lowest BCUT2D eigenvalue weighted by molar-refractivity contribution is -0.154. The second-order valence-corrected chi connectivity index (χ2v) is 4.94. The fourth-order valence-corrected chi connectivity index (χ4v) is 2.06. The van der Waals surface area contributed by atoms with Crippen LogP contribution < -0.4 is 5.73 Å². The predicted molar refractivity (Wildman–Crippen MR) is 78.4 cm³/mol. The van der Waals surface area contributed by atoms with Crippen LogP contribution >= 0.6 is 0 Å². The normalized spacial score (nSPS) is 10.5. The summed E-state index contributed by atoms with van der Waals surface area (Å²) in [6.45, 7) is 0. The van der Waals surface area contributed by atoms with Gasteiger partial charge in [-0.25, -0.2) is 0 Å². The van der Waals surface area contributed by atoms with Gasteiger partial charge in [-0.3, -0.25) is 15.0 Å². The molecule has 1 aromatic rings. The summed E-state index contributed by atoms with van der Waals surface area (Å²) in [6.07, 6.45) is 3.22. The Balaban J connectivity index is 2.29. The van der Waals surface area contributed by atoms with Crippen LogP contribution in [0.2, 0.25) is 0 Å².